The molecule has 1 amide bonds. The van der Waals surface area contributed by atoms with Crippen molar-refractivity contribution in [3.63, 3.8) is 0 Å². The topological polar surface area (TPSA) is 55.4 Å². The fraction of sp³-hybridized carbons (Fsp3) is 0.429. The van der Waals surface area contributed by atoms with Gasteiger partial charge in [0.2, 0.25) is 5.91 Å². The molecule has 4 heteroatoms. The summed E-state index contributed by atoms with van der Waals surface area (Å²) >= 11 is 0. The summed E-state index contributed by atoms with van der Waals surface area (Å²) in [6.45, 7) is 5.53. The Balaban J connectivity index is 2.99. The minimum atomic E-state index is -0.314. The fourth-order valence-corrected chi connectivity index (χ4v) is 1.42. The minimum absolute atomic E-state index is 0.1000. The highest BCUT2D eigenvalue weighted by Gasteiger charge is 2.10. The van der Waals surface area contributed by atoms with Gasteiger partial charge in [-0.1, -0.05) is 26.8 Å². The lowest BCUT2D eigenvalue weighted by Crippen LogP contribution is -2.13. The van der Waals surface area contributed by atoms with E-state index in [-0.39, 0.29) is 11.9 Å². The maximum absolute atomic E-state index is 11.4. The van der Waals surface area contributed by atoms with E-state index >= 15 is 0 Å². The van der Waals surface area contributed by atoms with Crippen molar-refractivity contribution in [2.45, 2.75) is 40.0 Å². The lowest BCUT2D eigenvalue weighted by molar-refractivity contribution is -0.134. The van der Waals surface area contributed by atoms with Gasteiger partial charge in [0.05, 0.1) is 5.69 Å². The first-order valence-corrected chi connectivity index (χ1v) is 6.24. The van der Waals surface area contributed by atoms with E-state index in [0.717, 1.165) is 12.0 Å². The van der Waals surface area contributed by atoms with Gasteiger partial charge in [-0.2, -0.15) is 0 Å². The largest absolute Gasteiger partial charge is 0.424 e. The predicted octanol–water partition coefficient (Wildman–Crippen LogP) is 2.91. The molecular weight excluding hydrogens is 230 g/mol. The molecule has 0 aliphatic carbocycles. The summed E-state index contributed by atoms with van der Waals surface area (Å²) in [6, 6.07) is 5.45. The number of esters is 1. The van der Waals surface area contributed by atoms with Crippen LogP contribution in [0.1, 0.15) is 39.2 Å². The molecule has 0 atom stereocenters. The van der Waals surface area contributed by atoms with Crippen LogP contribution in [0.25, 0.3) is 0 Å². The molecule has 0 aliphatic rings. The normalized spacial score (nSPS) is 9.94. The molecule has 0 aliphatic heterocycles. The van der Waals surface area contributed by atoms with Crippen LogP contribution >= 0.6 is 0 Å². The zero-order valence-corrected chi connectivity index (χ0v) is 11.1. The third-order valence-corrected chi connectivity index (χ3v) is 2.56. The molecule has 0 bridgehead atoms. The standard InChI is InChI=1S/C14H19NO3/c1-4-10-7-8-12(18-14(17)6-3)11(9-10)15-13(16)5-2/h7-9H,4-6H2,1-3H3,(H,15,16). The van der Waals surface area contributed by atoms with Crippen LogP contribution in [0.2, 0.25) is 0 Å². The first-order valence-electron chi connectivity index (χ1n) is 6.24. The third-order valence-electron chi connectivity index (χ3n) is 2.56. The molecule has 18 heavy (non-hydrogen) atoms. The SMILES string of the molecule is CCC(=O)Nc1cc(CC)ccc1OC(=O)CC. The Morgan fingerprint density at radius 3 is 2.44 bits per heavy atom. The number of hydrogen-bond acceptors (Lipinski definition) is 3. The summed E-state index contributed by atoms with van der Waals surface area (Å²) in [5.41, 5.74) is 1.64. The molecule has 1 aromatic rings. The molecule has 0 aromatic heterocycles. The van der Waals surface area contributed by atoms with Crippen molar-refractivity contribution in [2.75, 3.05) is 5.32 Å². The van der Waals surface area contributed by atoms with Gasteiger partial charge in [-0.05, 0) is 24.1 Å². The van der Waals surface area contributed by atoms with Crippen LogP contribution in [-0.2, 0) is 16.0 Å². The van der Waals surface area contributed by atoms with Crippen molar-refractivity contribution in [3.05, 3.63) is 23.8 Å². The van der Waals surface area contributed by atoms with Gasteiger partial charge in [0.1, 0.15) is 0 Å². The highest BCUT2D eigenvalue weighted by Crippen LogP contribution is 2.26. The average Bonchev–Trinajstić information content (AvgIpc) is 2.40. The van der Waals surface area contributed by atoms with Crippen molar-refractivity contribution in [3.8, 4) is 5.75 Å². The maximum atomic E-state index is 11.4. The van der Waals surface area contributed by atoms with E-state index < -0.39 is 0 Å². The Kier molecular flexibility index (Phi) is 5.36. The first-order chi connectivity index (χ1) is 8.60. The Bertz CT molecular complexity index is 441. The van der Waals surface area contributed by atoms with Gasteiger partial charge in [-0.25, -0.2) is 0 Å². The summed E-state index contributed by atoms with van der Waals surface area (Å²) in [5.74, 6) is -0.0100. The zero-order valence-electron chi connectivity index (χ0n) is 11.1. The number of anilines is 1. The number of benzene rings is 1. The van der Waals surface area contributed by atoms with Gasteiger partial charge in [-0.15, -0.1) is 0 Å². The summed E-state index contributed by atoms with van der Waals surface area (Å²) in [4.78, 5) is 22.7. The van der Waals surface area contributed by atoms with Crippen LogP contribution in [0.4, 0.5) is 5.69 Å². The highest BCUT2D eigenvalue weighted by molar-refractivity contribution is 5.92. The number of nitrogens with one attached hydrogen (secondary N) is 1. The Hall–Kier alpha value is -1.84. The number of amides is 1. The Labute approximate surface area is 107 Å². The van der Waals surface area contributed by atoms with E-state index in [9.17, 15) is 9.59 Å². The van der Waals surface area contributed by atoms with Crippen LogP contribution in [0, 0.1) is 0 Å². The lowest BCUT2D eigenvalue weighted by atomic mass is 10.1. The van der Waals surface area contributed by atoms with E-state index in [2.05, 4.69) is 5.32 Å². The third kappa shape index (κ3) is 3.87. The van der Waals surface area contributed by atoms with Crippen LogP contribution in [-0.4, -0.2) is 11.9 Å². The molecule has 1 N–H and O–H groups in total. The molecule has 1 aromatic carbocycles. The Morgan fingerprint density at radius 1 is 1.17 bits per heavy atom. The highest BCUT2D eigenvalue weighted by atomic mass is 16.5. The second-order valence-electron chi connectivity index (χ2n) is 3.91. The number of ether oxygens (including phenoxy) is 1. The predicted molar refractivity (Wildman–Crippen MR) is 70.7 cm³/mol. The number of hydrogen-bond donors (Lipinski definition) is 1. The van der Waals surface area contributed by atoms with Crippen molar-refractivity contribution in [1.82, 2.24) is 0 Å². The molecule has 1 rings (SSSR count). The van der Waals surface area contributed by atoms with Crippen LogP contribution < -0.4 is 10.1 Å². The number of carbonyl (C=O) groups excluding carboxylic acids is 2. The number of carbonyl (C=O) groups is 2. The molecule has 0 saturated carbocycles. The van der Waals surface area contributed by atoms with Crippen LogP contribution in [0.3, 0.4) is 0 Å². The van der Waals surface area contributed by atoms with Gasteiger partial charge in [0.15, 0.2) is 5.75 Å². The second-order valence-corrected chi connectivity index (χ2v) is 3.91. The zero-order chi connectivity index (χ0) is 13.5. The summed E-state index contributed by atoms with van der Waals surface area (Å²) < 4.78 is 5.19. The molecule has 98 valence electrons. The molecule has 0 spiro atoms. The summed E-state index contributed by atoms with van der Waals surface area (Å²) in [7, 11) is 0. The number of rotatable bonds is 5. The van der Waals surface area contributed by atoms with Gasteiger partial charge >= 0.3 is 5.97 Å². The van der Waals surface area contributed by atoms with Crippen molar-refractivity contribution >= 4 is 17.6 Å². The summed E-state index contributed by atoms with van der Waals surface area (Å²) in [5, 5.41) is 2.75. The maximum Gasteiger partial charge on any atom is 0.310 e. The molecule has 0 radical (unpaired) electrons. The number of aryl methyl sites for hydroxylation is 1. The van der Waals surface area contributed by atoms with Gasteiger partial charge in [0.25, 0.3) is 0 Å². The van der Waals surface area contributed by atoms with Crippen LogP contribution in [0.5, 0.6) is 5.75 Å². The summed E-state index contributed by atoms with van der Waals surface area (Å²) in [6.07, 6.45) is 1.55. The van der Waals surface area contributed by atoms with Crippen molar-refractivity contribution in [1.29, 1.82) is 0 Å². The van der Waals surface area contributed by atoms with E-state index in [1.165, 1.54) is 0 Å². The van der Waals surface area contributed by atoms with E-state index in [4.69, 9.17) is 4.74 Å². The van der Waals surface area contributed by atoms with Gasteiger partial charge < -0.3 is 10.1 Å². The molecule has 0 unspecified atom stereocenters. The Morgan fingerprint density at radius 2 is 1.89 bits per heavy atom. The smallest absolute Gasteiger partial charge is 0.310 e. The van der Waals surface area contributed by atoms with Gasteiger partial charge in [-0.3, -0.25) is 9.59 Å². The molecule has 0 fully saturated rings. The van der Waals surface area contributed by atoms with Gasteiger partial charge in [0, 0.05) is 12.8 Å². The minimum Gasteiger partial charge on any atom is -0.424 e. The molecule has 4 nitrogen and oxygen atoms in total. The molecular formula is C14H19NO3. The quantitative estimate of drug-likeness (QED) is 0.644. The first kappa shape index (κ1) is 14.2. The molecule has 0 heterocycles. The second kappa shape index (κ2) is 6.79. The van der Waals surface area contributed by atoms with E-state index in [1.807, 2.05) is 19.1 Å². The lowest BCUT2D eigenvalue weighted by Gasteiger charge is -2.12. The van der Waals surface area contributed by atoms with E-state index in [1.54, 1.807) is 19.9 Å². The van der Waals surface area contributed by atoms with E-state index in [0.29, 0.717) is 24.3 Å². The average molecular weight is 249 g/mol. The molecule has 0 saturated heterocycles. The fourth-order valence-electron chi connectivity index (χ4n) is 1.42. The van der Waals surface area contributed by atoms with Crippen molar-refractivity contribution in [2.24, 2.45) is 0 Å². The monoisotopic (exact) mass is 249 g/mol. The van der Waals surface area contributed by atoms with Crippen molar-refractivity contribution < 1.29 is 14.3 Å². The van der Waals surface area contributed by atoms with Crippen LogP contribution in [0.15, 0.2) is 18.2 Å².